The average molecular weight is 336 g/mol. The summed E-state index contributed by atoms with van der Waals surface area (Å²) in [7, 11) is 0. The lowest BCUT2D eigenvalue weighted by Crippen LogP contribution is -2.29. The van der Waals surface area contributed by atoms with Crippen LogP contribution in [0.2, 0.25) is 0 Å². The van der Waals surface area contributed by atoms with Crippen LogP contribution in [0, 0.1) is 0 Å². The minimum absolute atomic E-state index is 0.0446. The highest BCUT2D eigenvalue weighted by atomic mass is 16.4. The smallest absolute Gasteiger partial charge is 0.243 e. The first kappa shape index (κ1) is 15.4. The Balaban J connectivity index is 2.09. The van der Waals surface area contributed by atoms with Gasteiger partial charge in [-0.25, -0.2) is 0 Å². The topological polar surface area (TPSA) is 87.0 Å². The largest absolute Gasteiger partial charge is 0.508 e. The lowest BCUT2D eigenvalue weighted by Gasteiger charge is -2.22. The summed E-state index contributed by atoms with van der Waals surface area (Å²) >= 11 is 0. The van der Waals surface area contributed by atoms with Gasteiger partial charge in [-0.2, -0.15) is 0 Å². The van der Waals surface area contributed by atoms with Gasteiger partial charge in [0.05, 0.1) is 5.52 Å². The molecule has 25 heavy (non-hydrogen) atoms. The summed E-state index contributed by atoms with van der Waals surface area (Å²) in [6.07, 6.45) is 2.24. The van der Waals surface area contributed by atoms with Crippen LogP contribution in [0.5, 0.6) is 5.75 Å². The number of nitrogens with two attached hydrogens (primary N) is 1. The van der Waals surface area contributed by atoms with Gasteiger partial charge in [-0.3, -0.25) is 4.57 Å². The number of phenols is 1. The third-order valence-corrected chi connectivity index (χ3v) is 4.74. The monoisotopic (exact) mass is 336 g/mol. The first-order chi connectivity index (χ1) is 12.2. The Morgan fingerprint density at radius 2 is 1.68 bits per heavy atom. The first-order valence-electron chi connectivity index (χ1n) is 8.36. The molecule has 6 nitrogen and oxygen atoms in total. The van der Waals surface area contributed by atoms with Crippen LogP contribution in [-0.4, -0.2) is 33.9 Å². The van der Waals surface area contributed by atoms with Crippen molar-refractivity contribution >= 4 is 22.7 Å². The molecule has 0 amide bonds. The Hall–Kier alpha value is -3.15. The first-order valence-corrected chi connectivity index (χ1v) is 8.36. The van der Waals surface area contributed by atoms with Crippen molar-refractivity contribution in [3.8, 4) is 16.9 Å². The van der Waals surface area contributed by atoms with Gasteiger partial charge in [-0.05, 0) is 36.6 Å². The zero-order valence-corrected chi connectivity index (χ0v) is 13.8. The van der Waals surface area contributed by atoms with E-state index in [-0.39, 0.29) is 11.7 Å². The molecular weight excluding hydrogens is 316 g/mol. The molecule has 0 bridgehead atoms. The maximum Gasteiger partial charge on any atom is 0.243 e. The maximum atomic E-state index is 9.64. The minimum atomic E-state index is 0.0446. The van der Waals surface area contributed by atoms with E-state index in [0.29, 0.717) is 0 Å². The Morgan fingerprint density at radius 1 is 1.00 bits per heavy atom. The number of para-hydroxylation sites is 1. The number of hydrogen-bond donors (Lipinski definition) is 3. The second kappa shape index (κ2) is 6.05. The van der Waals surface area contributed by atoms with Crippen molar-refractivity contribution in [1.29, 1.82) is 0 Å². The number of anilines is 1. The van der Waals surface area contributed by atoms with E-state index in [2.05, 4.69) is 10.1 Å². The van der Waals surface area contributed by atoms with Crippen LogP contribution < -0.4 is 10.6 Å². The van der Waals surface area contributed by atoms with Gasteiger partial charge in [0.2, 0.25) is 5.96 Å². The minimum Gasteiger partial charge on any atom is -0.508 e. The molecule has 1 aliphatic heterocycles. The molecule has 128 valence electrons. The van der Waals surface area contributed by atoms with E-state index in [1.165, 1.54) is 0 Å². The molecule has 0 radical (unpaired) electrons. The van der Waals surface area contributed by atoms with E-state index in [0.717, 1.165) is 53.8 Å². The molecule has 6 heteroatoms. The predicted octanol–water partition coefficient (Wildman–Crippen LogP) is 3.17. The van der Waals surface area contributed by atoms with E-state index in [1.807, 2.05) is 41.0 Å². The van der Waals surface area contributed by atoms with E-state index in [9.17, 15) is 10.3 Å². The van der Waals surface area contributed by atoms with Crippen LogP contribution in [0.15, 0.2) is 53.7 Å². The number of phenolic OH excluding ortho intramolecular Hbond substituents is 1. The van der Waals surface area contributed by atoms with Crippen molar-refractivity contribution < 1.29 is 10.3 Å². The molecule has 2 aromatic carbocycles. The van der Waals surface area contributed by atoms with Crippen molar-refractivity contribution in [2.45, 2.75) is 12.8 Å². The van der Waals surface area contributed by atoms with Gasteiger partial charge in [0.1, 0.15) is 11.6 Å². The Labute approximate surface area is 145 Å². The van der Waals surface area contributed by atoms with Crippen LogP contribution in [0.3, 0.4) is 0 Å². The van der Waals surface area contributed by atoms with Gasteiger partial charge >= 0.3 is 0 Å². The van der Waals surface area contributed by atoms with E-state index in [4.69, 9.17) is 5.73 Å². The van der Waals surface area contributed by atoms with Crippen molar-refractivity contribution in [3.05, 3.63) is 48.5 Å². The zero-order chi connectivity index (χ0) is 17.4. The number of aromatic hydroxyl groups is 1. The Bertz CT molecular complexity index is 938. The summed E-state index contributed by atoms with van der Waals surface area (Å²) in [4.78, 5) is 2.28. The number of aromatic nitrogens is 1. The second-order valence-electron chi connectivity index (χ2n) is 6.25. The van der Waals surface area contributed by atoms with Gasteiger partial charge in [0, 0.05) is 24.0 Å². The number of rotatable bonds is 2. The van der Waals surface area contributed by atoms with Crippen molar-refractivity contribution in [2.24, 2.45) is 10.9 Å². The predicted molar refractivity (Wildman–Crippen MR) is 99.3 cm³/mol. The molecular formula is C19H20N4O2. The van der Waals surface area contributed by atoms with Crippen LogP contribution in [0.25, 0.3) is 22.0 Å². The lowest BCUT2D eigenvalue weighted by molar-refractivity contribution is 0.316. The fourth-order valence-corrected chi connectivity index (χ4v) is 3.64. The van der Waals surface area contributed by atoms with Crippen LogP contribution in [0.4, 0.5) is 5.82 Å². The van der Waals surface area contributed by atoms with Crippen molar-refractivity contribution in [2.75, 3.05) is 18.0 Å². The Kier molecular flexibility index (Phi) is 3.72. The molecule has 4 rings (SSSR count). The zero-order valence-electron chi connectivity index (χ0n) is 13.8. The van der Waals surface area contributed by atoms with Gasteiger partial charge in [-0.1, -0.05) is 35.5 Å². The molecule has 4 N–H and O–H groups in total. The van der Waals surface area contributed by atoms with Gasteiger partial charge in [0.15, 0.2) is 0 Å². The molecule has 0 unspecified atom stereocenters. The van der Waals surface area contributed by atoms with Gasteiger partial charge in [0.25, 0.3) is 0 Å². The fourth-order valence-electron chi connectivity index (χ4n) is 3.64. The molecule has 1 saturated heterocycles. The number of benzene rings is 2. The summed E-state index contributed by atoms with van der Waals surface area (Å²) < 4.78 is 1.81. The molecule has 2 heterocycles. The quantitative estimate of drug-likeness (QED) is 0.290. The summed E-state index contributed by atoms with van der Waals surface area (Å²) in [5, 5.41) is 23.2. The lowest BCUT2D eigenvalue weighted by atomic mass is 10.0. The van der Waals surface area contributed by atoms with Crippen molar-refractivity contribution in [1.82, 2.24) is 4.57 Å². The number of hydrogen-bond acceptors (Lipinski definition) is 4. The van der Waals surface area contributed by atoms with Crippen LogP contribution in [-0.2, 0) is 0 Å². The molecule has 1 aliphatic rings. The summed E-state index contributed by atoms with van der Waals surface area (Å²) in [5.41, 5.74) is 8.95. The van der Waals surface area contributed by atoms with E-state index >= 15 is 0 Å². The molecule has 0 aliphatic carbocycles. The van der Waals surface area contributed by atoms with E-state index < -0.39 is 0 Å². The average Bonchev–Trinajstić information content (AvgIpc) is 3.27. The highest BCUT2D eigenvalue weighted by Crippen LogP contribution is 2.41. The van der Waals surface area contributed by atoms with Crippen LogP contribution in [0.1, 0.15) is 12.8 Å². The van der Waals surface area contributed by atoms with E-state index in [1.54, 1.807) is 12.1 Å². The molecule has 0 atom stereocenters. The van der Waals surface area contributed by atoms with Crippen molar-refractivity contribution in [3.63, 3.8) is 0 Å². The standard InChI is InChI=1S/C19H20N4O2/c20-19(21-25)23-16-6-2-1-5-15(16)17(13-7-9-14(24)10-8-13)18(23)22-11-3-4-12-22/h1-2,5-10,24-25H,3-4,11-12H2,(H2,20,21). The summed E-state index contributed by atoms with van der Waals surface area (Å²) in [6, 6.07) is 15.1. The number of oxime groups is 1. The normalized spacial score (nSPS) is 15.2. The SMILES string of the molecule is N/C(=N\O)n1c(N2CCCC2)c(-c2ccc(O)cc2)c2ccccc21. The third kappa shape index (κ3) is 2.46. The van der Waals surface area contributed by atoms with Gasteiger partial charge in [-0.15, -0.1) is 0 Å². The Morgan fingerprint density at radius 3 is 2.36 bits per heavy atom. The highest BCUT2D eigenvalue weighted by molar-refractivity contribution is 6.09. The maximum absolute atomic E-state index is 9.64. The molecule has 3 aromatic rings. The summed E-state index contributed by atoms with van der Waals surface area (Å²) in [6.45, 7) is 1.86. The molecule has 0 saturated carbocycles. The van der Waals surface area contributed by atoms with Gasteiger partial charge < -0.3 is 20.9 Å². The summed E-state index contributed by atoms with van der Waals surface area (Å²) in [5.74, 6) is 1.20. The third-order valence-electron chi connectivity index (χ3n) is 4.74. The fraction of sp³-hybridized carbons (Fsp3) is 0.211. The molecule has 1 aromatic heterocycles. The van der Waals surface area contributed by atoms with Crippen LogP contribution >= 0.6 is 0 Å². The molecule has 0 spiro atoms. The molecule has 1 fully saturated rings. The number of fused-ring (bicyclic) bond motifs is 1. The number of nitrogens with zero attached hydrogens (tertiary/aromatic N) is 3. The highest BCUT2D eigenvalue weighted by Gasteiger charge is 2.26. The second-order valence-corrected chi connectivity index (χ2v) is 6.25.